The first-order valence-corrected chi connectivity index (χ1v) is 6.67. The van der Waals surface area contributed by atoms with Crippen LogP contribution in [0.15, 0.2) is 0 Å². The number of aromatic nitrogens is 3. The molecule has 18 heavy (non-hydrogen) atoms. The molecule has 1 aromatic heterocycles. The molecule has 0 saturated heterocycles. The molecule has 0 unspecified atom stereocenters. The summed E-state index contributed by atoms with van der Waals surface area (Å²) in [6.07, 6.45) is 1.14. The molecule has 0 aliphatic heterocycles. The van der Waals surface area contributed by atoms with Crippen molar-refractivity contribution in [2.75, 3.05) is 19.6 Å². The topological polar surface area (TPSA) is 60.0 Å². The Labute approximate surface area is 110 Å². The van der Waals surface area contributed by atoms with E-state index >= 15 is 0 Å². The van der Waals surface area contributed by atoms with Crippen LogP contribution in [0.25, 0.3) is 0 Å². The van der Waals surface area contributed by atoms with Crippen molar-refractivity contribution in [3.05, 3.63) is 11.6 Å². The fourth-order valence-electron chi connectivity index (χ4n) is 1.99. The fraction of sp³-hybridized carbons (Fsp3) is 0.846. The summed E-state index contributed by atoms with van der Waals surface area (Å²) in [5.74, 6) is 1.98. The SMILES string of the molecule is CCCN(Cc1nnc(C)n1C)CC(C)(C)CN. The third kappa shape index (κ3) is 4.07. The Hall–Kier alpha value is -0.940. The van der Waals surface area contributed by atoms with E-state index in [1.165, 1.54) is 0 Å². The molecule has 0 spiro atoms. The maximum absolute atomic E-state index is 5.82. The smallest absolute Gasteiger partial charge is 0.146 e. The van der Waals surface area contributed by atoms with Gasteiger partial charge in [-0.25, -0.2) is 0 Å². The lowest BCUT2D eigenvalue weighted by molar-refractivity contribution is 0.171. The van der Waals surface area contributed by atoms with Crippen molar-refractivity contribution in [1.29, 1.82) is 0 Å². The minimum absolute atomic E-state index is 0.142. The number of hydrogen-bond donors (Lipinski definition) is 1. The number of aryl methyl sites for hydroxylation is 1. The van der Waals surface area contributed by atoms with Crippen LogP contribution in [0.5, 0.6) is 0 Å². The van der Waals surface area contributed by atoms with E-state index in [1.807, 2.05) is 14.0 Å². The second-order valence-electron chi connectivity index (χ2n) is 5.80. The Morgan fingerprint density at radius 2 is 2.00 bits per heavy atom. The minimum atomic E-state index is 0.142. The van der Waals surface area contributed by atoms with Crippen LogP contribution in [0.1, 0.15) is 38.8 Å². The normalized spacial score (nSPS) is 12.4. The summed E-state index contributed by atoms with van der Waals surface area (Å²) in [5, 5.41) is 8.34. The molecular formula is C13H27N5. The second kappa shape index (κ2) is 6.29. The van der Waals surface area contributed by atoms with E-state index in [2.05, 4.69) is 40.4 Å². The first-order chi connectivity index (χ1) is 8.39. The molecule has 0 saturated carbocycles. The van der Waals surface area contributed by atoms with Crippen LogP contribution < -0.4 is 5.73 Å². The molecule has 0 radical (unpaired) electrons. The standard InChI is InChI=1S/C13H27N5/c1-6-7-18(10-13(3,4)9-14)8-12-16-15-11(2)17(12)5/h6-10,14H2,1-5H3. The van der Waals surface area contributed by atoms with Crippen molar-refractivity contribution in [1.82, 2.24) is 19.7 Å². The van der Waals surface area contributed by atoms with Gasteiger partial charge in [-0.2, -0.15) is 0 Å². The van der Waals surface area contributed by atoms with Gasteiger partial charge in [0.05, 0.1) is 6.54 Å². The fourth-order valence-corrected chi connectivity index (χ4v) is 1.99. The zero-order chi connectivity index (χ0) is 13.8. The maximum Gasteiger partial charge on any atom is 0.146 e. The van der Waals surface area contributed by atoms with Crippen LogP contribution in [0.2, 0.25) is 0 Å². The highest BCUT2D eigenvalue weighted by Crippen LogP contribution is 2.16. The Morgan fingerprint density at radius 3 is 2.44 bits per heavy atom. The van der Waals surface area contributed by atoms with Crippen LogP contribution in [-0.2, 0) is 13.6 Å². The van der Waals surface area contributed by atoms with Crippen LogP contribution in [0, 0.1) is 12.3 Å². The van der Waals surface area contributed by atoms with Gasteiger partial charge >= 0.3 is 0 Å². The van der Waals surface area contributed by atoms with E-state index in [9.17, 15) is 0 Å². The van der Waals surface area contributed by atoms with Crippen molar-refractivity contribution in [3.63, 3.8) is 0 Å². The summed E-state index contributed by atoms with van der Waals surface area (Å²) in [4.78, 5) is 2.41. The predicted molar refractivity (Wildman–Crippen MR) is 74.1 cm³/mol. The van der Waals surface area contributed by atoms with Gasteiger partial charge in [-0.1, -0.05) is 20.8 Å². The van der Waals surface area contributed by atoms with Gasteiger partial charge in [-0.05, 0) is 31.8 Å². The number of nitrogens with two attached hydrogens (primary N) is 1. The van der Waals surface area contributed by atoms with Crippen molar-refractivity contribution < 1.29 is 0 Å². The van der Waals surface area contributed by atoms with Crippen molar-refractivity contribution in [2.45, 2.75) is 40.7 Å². The van der Waals surface area contributed by atoms with Crippen LogP contribution in [-0.4, -0.2) is 39.3 Å². The monoisotopic (exact) mass is 253 g/mol. The Kier molecular flexibility index (Phi) is 5.28. The van der Waals surface area contributed by atoms with E-state index in [0.29, 0.717) is 6.54 Å². The van der Waals surface area contributed by atoms with Gasteiger partial charge in [0.1, 0.15) is 11.6 Å². The molecule has 0 aliphatic rings. The Morgan fingerprint density at radius 1 is 1.33 bits per heavy atom. The lowest BCUT2D eigenvalue weighted by Gasteiger charge is -2.31. The third-order valence-electron chi connectivity index (χ3n) is 3.29. The Bertz CT molecular complexity index is 369. The molecule has 0 fully saturated rings. The zero-order valence-electron chi connectivity index (χ0n) is 12.4. The summed E-state index contributed by atoms with van der Waals surface area (Å²) in [6, 6.07) is 0. The first-order valence-electron chi connectivity index (χ1n) is 6.67. The molecule has 0 atom stereocenters. The average Bonchev–Trinajstić information content (AvgIpc) is 2.61. The molecule has 1 heterocycles. The summed E-state index contributed by atoms with van der Waals surface area (Å²) >= 11 is 0. The van der Waals surface area contributed by atoms with Gasteiger partial charge in [-0.15, -0.1) is 10.2 Å². The van der Waals surface area contributed by atoms with Gasteiger partial charge in [0.15, 0.2) is 0 Å². The molecule has 5 heteroatoms. The number of nitrogens with zero attached hydrogens (tertiary/aromatic N) is 4. The van der Waals surface area contributed by atoms with Gasteiger partial charge < -0.3 is 10.3 Å². The minimum Gasteiger partial charge on any atom is -0.330 e. The highest BCUT2D eigenvalue weighted by atomic mass is 15.3. The lowest BCUT2D eigenvalue weighted by atomic mass is 9.93. The van der Waals surface area contributed by atoms with Gasteiger partial charge in [0.2, 0.25) is 0 Å². The molecule has 0 aliphatic carbocycles. The number of rotatable bonds is 7. The summed E-state index contributed by atoms with van der Waals surface area (Å²) < 4.78 is 2.05. The van der Waals surface area contributed by atoms with Crippen molar-refractivity contribution in [2.24, 2.45) is 18.2 Å². The molecule has 5 nitrogen and oxygen atoms in total. The summed E-state index contributed by atoms with van der Waals surface area (Å²) in [6.45, 7) is 12.2. The number of hydrogen-bond acceptors (Lipinski definition) is 4. The quantitative estimate of drug-likeness (QED) is 0.796. The van der Waals surface area contributed by atoms with E-state index in [4.69, 9.17) is 5.73 Å². The molecule has 0 amide bonds. The molecule has 104 valence electrons. The first kappa shape index (κ1) is 15.1. The maximum atomic E-state index is 5.82. The van der Waals surface area contributed by atoms with Crippen LogP contribution in [0.3, 0.4) is 0 Å². The summed E-state index contributed by atoms with van der Waals surface area (Å²) in [7, 11) is 2.02. The van der Waals surface area contributed by atoms with E-state index in [-0.39, 0.29) is 5.41 Å². The molecule has 1 rings (SSSR count). The highest BCUT2D eigenvalue weighted by molar-refractivity contribution is 4.93. The van der Waals surface area contributed by atoms with Crippen molar-refractivity contribution in [3.8, 4) is 0 Å². The van der Waals surface area contributed by atoms with E-state index in [1.54, 1.807) is 0 Å². The van der Waals surface area contributed by atoms with Crippen LogP contribution in [0.4, 0.5) is 0 Å². The van der Waals surface area contributed by atoms with Gasteiger partial charge in [0, 0.05) is 13.6 Å². The molecule has 1 aromatic rings. The highest BCUT2D eigenvalue weighted by Gasteiger charge is 2.21. The van der Waals surface area contributed by atoms with E-state index in [0.717, 1.165) is 37.7 Å². The Balaban J connectivity index is 2.71. The molecular weight excluding hydrogens is 226 g/mol. The summed E-state index contributed by atoms with van der Waals surface area (Å²) in [5.41, 5.74) is 5.96. The lowest BCUT2D eigenvalue weighted by Crippen LogP contribution is -2.39. The third-order valence-corrected chi connectivity index (χ3v) is 3.29. The van der Waals surface area contributed by atoms with Crippen molar-refractivity contribution >= 4 is 0 Å². The zero-order valence-corrected chi connectivity index (χ0v) is 12.4. The van der Waals surface area contributed by atoms with E-state index < -0.39 is 0 Å². The largest absolute Gasteiger partial charge is 0.330 e. The average molecular weight is 253 g/mol. The second-order valence-corrected chi connectivity index (χ2v) is 5.80. The molecule has 0 aromatic carbocycles. The predicted octanol–water partition coefficient (Wildman–Crippen LogP) is 1.32. The molecule has 2 N–H and O–H groups in total. The molecule has 0 bridgehead atoms. The van der Waals surface area contributed by atoms with Crippen LogP contribution >= 0.6 is 0 Å². The van der Waals surface area contributed by atoms with Gasteiger partial charge in [-0.3, -0.25) is 4.90 Å². The van der Waals surface area contributed by atoms with Gasteiger partial charge in [0.25, 0.3) is 0 Å².